The van der Waals surface area contributed by atoms with Crippen LogP contribution in [0.15, 0.2) is 36.4 Å². The average molecular weight is 315 g/mol. The van der Waals surface area contributed by atoms with Crippen LogP contribution in [0.1, 0.15) is 35.5 Å². The Morgan fingerprint density at radius 3 is 2.59 bits per heavy atom. The first-order valence-electron chi connectivity index (χ1n) is 7.35. The zero-order chi connectivity index (χ0) is 15.9. The lowest BCUT2D eigenvalue weighted by molar-refractivity contribution is 0.185. The van der Waals surface area contributed by atoms with Crippen LogP contribution >= 0.6 is 11.6 Å². The molecule has 0 aliphatic heterocycles. The Bertz CT molecular complexity index is 836. The molecule has 1 heterocycles. The lowest BCUT2D eigenvalue weighted by Gasteiger charge is -2.12. The Labute approximate surface area is 135 Å². The van der Waals surface area contributed by atoms with Gasteiger partial charge < -0.3 is 9.67 Å². The highest BCUT2D eigenvalue weighted by molar-refractivity contribution is 6.30. The predicted octanol–water partition coefficient (Wildman–Crippen LogP) is 4.41. The van der Waals surface area contributed by atoms with Crippen molar-refractivity contribution < 1.29 is 5.11 Å². The van der Waals surface area contributed by atoms with Crippen LogP contribution in [-0.4, -0.2) is 14.7 Å². The second kappa shape index (κ2) is 5.75. The normalized spacial score (nSPS) is 12.8. The van der Waals surface area contributed by atoms with Gasteiger partial charge in [0.15, 0.2) is 0 Å². The maximum absolute atomic E-state index is 10.1. The Balaban J connectivity index is 2.17. The Morgan fingerprint density at radius 2 is 1.91 bits per heavy atom. The molecule has 3 nitrogen and oxygen atoms in total. The molecule has 22 heavy (non-hydrogen) atoms. The third-order valence-corrected chi connectivity index (χ3v) is 4.23. The summed E-state index contributed by atoms with van der Waals surface area (Å²) in [7, 11) is 0. The number of aryl methyl sites for hydroxylation is 2. The minimum absolute atomic E-state index is 0.618. The quantitative estimate of drug-likeness (QED) is 0.777. The Morgan fingerprint density at radius 1 is 1.18 bits per heavy atom. The molecule has 3 rings (SSSR count). The van der Waals surface area contributed by atoms with E-state index in [2.05, 4.69) is 35.5 Å². The standard InChI is InChI=1S/C18H19ClN2O/c1-11-7-16-17(8-12(11)2)21(18(20-16)13(3)22)10-14-5-4-6-15(19)9-14/h4-9,13,22H,10H2,1-3H3. The van der Waals surface area contributed by atoms with E-state index in [1.165, 1.54) is 11.1 Å². The monoisotopic (exact) mass is 314 g/mol. The van der Waals surface area contributed by atoms with Gasteiger partial charge in [0.25, 0.3) is 0 Å². The molecule has 0 bridgehead atoms. The first kappa shape index (κ1) is 15.1. The maximum Gasteiger partial charge on any atom is 0.138 e. The summed E-state index contributed by atoms with van der Waals surface area (Å²) in [5, 5.41) is 10.8. The number of benzene rings is 2. The zero-order valence-corrected chi connectivity index (χ0v) is 13.7. The van der Waals surface area contributed by atoms with Crippen molar-refractivity contribution in [2.45, 2.75) is 33.4 Å². The van der Waals surface area contributed by atoms with Crippen molar-refractivity contribution in [1.82, 2.24) is 9.55 Å². The van der Waals surface area contributed by atoms with Crippen LogP contribution in [0.25, 0.3) is 11.0 Å². The second-order valence-corrected chi connectivity index (χ2v) is 6.22. The predicted molar refractivity (Wildman–Crippen MR) is 90.4 cm³/mol. The fourth-order valence-electron chi connectivity index (χ4n) is 2.70. The van der Waals surface area contributed by atoms with Crippen molar-refractivity contribution in [3.05, 3.63) is 63.9 Å². The van der Waals surface area contributed by atoms with Gasteiger partial charge in [-0.05, 0) is 61.7 Å². The summed E-state index contributed by atoms with van der Waals surface area (Å²) < 4.78 is 2.07. The maximum atomic E-state index is 10.1. The zero-order valence-electron chi connectivity index (χ0n) is 13.0. The Hall–Kier alpha value is -1.84. The van der Waals surface area contributed by atoms with Crippen LogP contribution in [0.4, 0.5) is 0 Å². The van der Waals surface area contributed by atoms with Crippen molar-refractivity contribution in [2.75, 3.05) is 0 Å². The fourth-order valence-corrected chi connectivity index (χ4v) is 2.91. The molecule has 0 spiro atoms. The van der Waals surface area contributed by atoms with Gasteiger partial charge in [-0.3, -0.25) is 0 Å². The minimum atomic E-state index is -0.618. The van der Waals surface area contributed by atoms with Crippen molar-refractivity contribution in [2.24, 2.45) is 0 Å². The number of aliphatic hydroxyl groups excluding tert-OH is 1. The van der Waals surface area contributed by atoms with Crippen molar-refractivity contribution in [1.29, 1.82) is 0 Å². The smallest absolute Gasteiger partial charge is 0.138 e. The molecule has 114 valence electrons. The van der Waals surface area contributed by atoms with Gasteiger partial charge in [-0.2, -0.15) is 0 Å². The van der Waals surface area contributed by atoms with Crippen molar-refractivity contribution >= 4 is 22.6 Å². The Kier molecular flexibility index (Phi) is 3.94. The number of nitrogens with zero attached hydrogens (tertiary/aromatic N) is 2. The number of halogens is 1. The van der Waals surface area contributed by atoms with Crippen molar-refractivity contribution in [3.63, 3.8) is 0 Å². The number of hydrogen-bond donors (Lipinski definition) is 1. The van der Waals surface area contributed by atoms with Gasteiger partial charge in [-0.15, -0.1) is 0 Å². The summed E-state index contributed by atoms with van der Waals surface area (Å²) >= 11 is 6.08. The number of aromatic nitrogens is 2. The summed E-state index contributed by atoms with van der Waals surface area (Å²) in [5.74, 6) is 0.681. The SMILES string of the molecule is Cc1cc2nc(C(C)O)n(Cc3cccc(Cl)c3)c2cc1C. The topological polar surface area (TPSA) is 38.1 Å². The van der Waals surface area contributed by atoms with E-state index >= 15 is 0 Å². The highest BCUT2D eigenvalue weighted by Gasteiger charge is 2.16. The van der Waals surface area contributed by atoms with Gasteiger partial charge in [0.1, 0.15) is 11.9 Å². The number of rotatable bonds is 3. The molecule has 1 unspecified atom stereocenters. The third-order valence-electron chi connectivity index (χ3n) is 4.00. The molecule has 1 N–H and O–H groups in total. The van der Waals surface area contributed by atoms with E-state index in [0.29, 0.717) is 17.4 Å². The van der Waals surface area contributed by atoms with E-state index in [-0.39, 0.29) is 0 Å². The molecule has 1 aromatic heterocycles. The van der Waals surface area contributed by atoms with E-state index in [1.54, 1.807) is 6.92 Å². The first-order valence-corrected chi connectivity index (χ1v) is 7.73. The highest BCUT2D eigenvalue weighted by atomic mass is 35.5. The van der Waals surface area contributed by atoms with Crippen LogP contribution in [0, 0.1) is 13.8 Å². The van der Waals surface area contributed by atoms with E-state index in [4.69, 9.17) is 11.6 Å². The molecule has 0 amide bonds. The molecule has 4 heteroatoms. The minimum Gasteiger partial charge on any atom is -0.385 e. The summed E-state index contributed by atoms with van der Waals surface area (Å²) in [6, 6.07) is 12.0. The number of imidazole rings is 1. The third kappa shape index (κ3) is 2.74. The molecule has 0 aliphatic rings. The summed E-state index contributed by atoms with van der Waals surface area (Å²) in [5.41, 5.74) is 5.47. The van der Waals surface area contributed by atoms with Crippen LogP contribution in [-0.2, 0) is 6.54 Å². The van der Waals surface area contributed by atoms with E-state index < -0.39 is 6.10 Å². The van der Waals surface area contributed by atoms with Gasteiger partial charge in [0.2, 0.25) is 0 Å². The molecular formula is C18H19ClN2O. The largest absolute Gasteiger partial charge is 0.385 e. The molecule has 1 atom stereocenters. The number of fused-ring (bicyclic) bond motifs is 1. The molecule has 0 saturated carbocycles. The van der Waals surface area contributed by atoms with Crippen molar-refractivity contribution in [3.8, 4) is 0 Å². The summed E-state index contributed by atoms with van der Waals surface area (Å²) in [6.45, 7) is 6.55. The first-order chi connectivity index (χ1) is 10.5. The van der Waals surface area contributed by atoms with Gasteiger partial charge in [0, 0.05) is 11.6 Å². The lowest BCUT2D eigenvalue weighted by Crippen LogP contribution is -2.08. The lowest BCUT2D eigenvalue weighted by atomic mass is 10.1. The van der Waals surface area contributed by atoms with E-state index in [9.17, 15) is 5.11 Å². The highest BCUT2D eigenvalue weighted by Crippen LogP contribution is 2.25. The van der Waals surface area contributed by atoms with Crippen LogP contribution < -0.4 is 0 Å². The van der Waals surface area contributed by atoms with Crippen LogP contribution in [0.2, 0.25) is 5.02 Å². The fraction of sp³-hybridized carbons (Fsp3) is 0.278. The van der Waals surface area contributed by atoms with Gasteiger partial charge >= 0.3 is 0 Å². The molecular weight excluding hydrogens is 296 g/mol. The van der Waals surface area contributed by atoms with E-state index in [1.807, 2.05) is 24.3 Å². The summed E-state index contributed by atoms with van der Waals surface area (Å²) in [4.78, 5) is 4.61. The number of hydrogen-bond acceptors (Lipinski definition) is 2. The molecule has 0 saturated heterocycles. The summed E-state index contributed by atoms with van der Waals surface area (Å²) in [6.07, 6.45) is -0.618. The van der Waals surface area contributed by atoms with E-state index in [0.717, 1.165) is 16.6 Å². The molecule has 3 aromatic rings. The van der Waals surface area contributed by atoms with Crippen LogP contribution in [0.5, 0.6) is 0 Å². The van der Waals surface area contributed by atoms with Gasteiger partial charge in [-0.25, -0.2) is 4.98 Å². The van der Waals surface area contributed by atoms with Gasteiger partial charge in [-0.1, -0.05) is 23.7 Å². The average Bonchev–Trinajstić information content (AvgIpc) is 2.78. The molecule has 0 radical (unpaired) electrons. The molecule has 0 aliphatic carbocycles. The van der Waals surface area contributed by atoms with Crippen LogP contribution in [0.3, 0.4) is 0 Å². The number of aliphatic hydroxyl groups is 1. The second-order valence-electron chi connectivity index (χ2n) is 5.79. The molecule has 2 aromatic carbocycles. The van der Waals surface area contributed by atoms with Gasteiger partial charge in [0.05, 0.1) is 11.0 Å². The molecule has 0 fully saturated rings.